The Kier molecular flexibility index (Phi) is 6.03. The average molecular weight is 396 g/mol. The molecule has 1 aromatic heterocycles. The molecule has 28 heavy (non-hydrogen) atoms. The third-order valence-corrected chi connectivity index (χ3v) is 4.14. The molecule has 1 N–H and O–H groups in total. The lowest BCUT2D eigenvalue weighted by Crippen LogP contribution is -2.44. The molecule has 10 nitrogen and oxygen atoms in total. The molecule has 0 spiro atoms. The lowest BCUT2D eigenvalue weighted by Gasteiger charge is -2.33. The zero-order valence-corrected chi connectivity index (χ0v) is 17.4. The number of fused-ring (bicyclic) bond motifs is 1. The van der Waals surface area contributed by atoms with Crippen LogP contribution < -0.4 is 5.32 Å². The second-order valence-electron chi connectivity index (χ2n) is 7.89. The van der Waals surface area contributed by atoms with E-state index in [4.69, 9.17) is 14.2 Å². The molecule has 2 rings (SSSR count). The highest BCUT2D eigenvalue weighted by Gasteiger charge is 2.47. The van der Waals surface area contributed by atoms with Crippen LogP contribution in [0.3, 0.4) is 0 Å². The fourth-order valence-corrected chi connectivity index (χ4v) is 2.93. The van der Waals surface area contributed by atoms with Gasteiger partial charge in [0.05, 0.1) is 24.4 Å². The highest BCUT2D eigenvalue weighted by molar-refractivity contribution is 5.94. The maximum Gasteiger partial charge on any atom is 0.436 e. The topological polar surface area (TPSA) is 112 Å². The normalized spacial score (nSPS) is 15.2. The van der Waals surface area contributed by atoms with Gasteiger partial charge in [-0.1, -0.05) is 0 Å². The first-order chi connectivity index (χ1) is 12.9. The van der Waals surface area contributed by atoms with Crippen LogP contribution in [0.5, 0.6) is 0 Å². The number of hydrogen-bond donors (Lipinski definition) is 1. The largest absolute Gasteiger partial charge is 0.448 e. The second kappa shape index (κ2) is 7.78. The lowest BCUT2D eigenvalue weighted by atomic mass is 10.0. The van der Waals surface area contributed by atoms with Gasteiger partial charge >= 0.3 is 12.2 Å². The van der Waals surface area contributed by atoms with Crippen LogP contribution in [0.1, 0.15) is 52.8 Å². The summed E-state index contributed by atoms with van der Waals surface area (Å²) >= 11 is 0. The monoisotopic (exact) mass is 396 g/mol. The molecule has 0 saturated heterocycles. The van der Waals surface area contributed by atoms with Gasteiger partial charge < -0.3 is 19.5 Å². The van der Waals surface area contributed by atoms with Crippen LogP contribution in [0, 0.1) is 0 Å². The van der Waals surface area contributed by atoms with Gasteiger partial charge in [-0.3, -0.25) is 9.69 Å². The molecule has 0 saturated carbocycles. The maximum atomic E-state index is 12.7. The Bertz CT molecular complexity index is 778. The van der Waals surface area contributed by atoms with E-state index in [1.54, 1.807) is 41.5 Å². The van der Waals surface area contributed by atoms with Crippen LogP contribution in [-0.4, -0.2) is 58.7 Å². The van der Waals surface area contributed by atoms with Crippen molar-refractivity contribution in [3.8, 4) is 0 Å². The van der Waals surface area contributed by atoms with E-state index < -0.39 is 29.2 Å². The molecule has 0 aliphatic carbocycles. The number of carbonyl (C=O) groups excluding carboxylic acids is 3. The predicted molar refractivity (Wildman–Crippen MR) is 100.0 cm³/mol. The van der Waals surface area contributed by atoms with Gasteiger partial charge in [0.15, 0.2) is 0 Å². The Balaban J connectivity index is 2.44. The third-order valence-electron chi connectivity index (χ3n) is 4.14. The minimum atomic E-state index is -0.851. The van der Waals surface area contributed by atoms with Gasteiger partial charge in [0, 0.05) is 12.7 Å². The van der Waals surface area contributed by atoms with Crippen molar-refractivity contribution in [2.75, 3.05) is 25.6 Å². The first kappa shape index (κ1) is 21.7. The highest BCUT2D eigenvalue weighted by Crippen LogP contribution is 2.42. The van der Waals surface area contributed by atoms with Gasteiger partial charge in [-0.15, -0.1) is 4.68 Å². The number of nitrogens with zero attached hydrogens (tertiary/aromatic N) is 3. The molecule has 1 aliphatic heterocycles. The summed E-state index contributed by atoms with van der Waals surface area (Å²) in [5, 5.41) is 6.98. The fraction of sp³-hybridized carbons (Fsp3) is 0.667. The first-order valence-corrected chi connectivity index (χ1v) is 9.01. The van der Waals surface area contributed by atoms with Crippen LogP contribution in [-0.2, 0) is 31.1 Å². The van der Waals surface area contributed by atoms with Gasteiger partial charge in [0.25, 0.3) is 5.91 Å². The van der Waals surface area contributed by atoms with E-state index in [0.717, 1.165) is 4.68 Å². The van der Waals surface area contributed by atoms with Crippen molar-refractivity contribution >= 4 is 23.9 Å². The Morgan fingerprint density at radius 1 is 1.21 bits per heavy atom. The molecule has 10 heteroatoms. The Morgan fingerprint density at radius 3 is 2.39 bits per heavy atom. The Morgan fingerprint density at radius 2 is 1.86 bits per heavy atom. The predicted octanol–water partition coefficient (Wildman–Crippen LogP) is 2.46. The van der Waals surface area contributed by atoms with Crippen molar-refractivity contribution in [2.24, 2.45) is 0 Å². The smallest absolute Gasteiger partial charge is 0.436 e. The number of methoxy groups -OCH3 is 1. The average Bonchev–Trinajstić information content (AvgIpc) is 3.02. The number of amides is 2. The SMILES string of the molecule is CCOC(=O)n1nc2c(c1NC(=O)COC)CN(C(=O)OC(C)(C)C)C2(C)C. The minimum Gasteiger partial charge on any atom is -0.448 e. The van der Waals surface area contributed by atoms with Gasteiger partial charge in [-0.25, -0.2) is 9.59 Å². The summed E-state index contributed by atoms with van der Waals surface area (Å²) in [7, 11) is 1.39. The van der Waals surface area contributed by atoms with Crippen molar-refractivity contribution < 1.29 is 28.6 Å². The van der Waals surface area contributed by atoms with E-state index in [-0.39, 0.29) is 25.6 Å². The number of hydrogen-bond acceptors (Lipinski definition) is 7. The number of carbonyl (C=O) groups is 3. The molecule has 2 heterocycles. The molecule has 0 aromatic carbocycles. The molecule has 0 atom stereocenters. The van der Waals surface area contributed by atoms with Crippen LogP contribution in [0.15, 0.2) is 0 Å². The van der Waals surface area contributed by atoms with Gasteiger partial charge in [-0.05, 0) is 41.5 Å². The quantitative estimate of drug-likeness (QED) is 0.832. The van der Waals surface area contributed by atoms with Crippen molar-refractivity contribution in [1.29, 1.82) is 0 Å². The summed E-state index contributed by atoms with van der Waals surface area (Å²) in [6.45, 7) is 10.7. The molecule has 0 fully saturated rings. The Hall–Kier alpha value is -2.62. The first-order valence-electron chi connectivity index (χ1n) is 9.01. The Labute approximate surface area is 164 Å². The molecular weight excluding hydrogens is 368 g/mol. The standard InChI is InChI=1S/C18H28N4O6/c1-8-27-16(25)22-14(19-12(23)10-26-7)11-9-21(15(24)28-17(2,3)4)18(5,6)13(11)20-22/h8-10H2,1-7H3,(H,19,23). The molecule has 1 aliphatic rings. The maximum absolute atomic E-state index is 12.7. The highest BCUT2D eigenvalue weighted by atomic mass is 16.6. The van der Waals surface area contributed by atoms with Crippen LogP contribution in [0.2, 0.25) is 0 Å². The third kappa shape index (κ3) is 4.27. The summed E-state index contributed by atoms with van der Waals surface area (Å²) in [5.74, 6) is -0.293. The van der Waals surface area contributed by atoms with E-state index in [2.05, 4.69) is 10.4 Å². The van der Waals surface area contributed by atoms with Crippen molar-refractivity contribution in [3.05, 3.63) is 11.3 Å². The summed E-state index contributed by atoms with van der Waals surface area (Å²) in [6, 6.07) is 0. The number of rotatable bonds is 4. The van der Waals surface area contributed by atoms with Crippen LogP contribution in [0.4, 0.5) is 15.4 Å². The van der Waals surface area contributed by atoms with Gasteiger partial charge in [0.1, 0.15) is 18.0 Å². The van der Waals surface area contributed by atoms with Crippen molar-refractivity contribution in [2.45, 2.75) is 59.2 Å². The number of ether oxygens (including phenoxy) is 3. The molecule has 2 amide bonds. The van der Waals surface area contributed by atoms with Crippen LogP contribution in [0.25, 0.3) is 0 Å². The molecule has 0 unspecified atom stereocenters. The summed E-state index contributed by atoms with van der Waals surface area (Å²) in [4.78, 5) is 38.6. The van der Waals surface area contributed by atoms with Crippen LogP contribution >= 0.6 is 0 Å². The van der Waals surface area contributed by atoms with E-state index >= 15 is 0 Å². The summed E-state index contributed by atoms with van der Waals surface area (Å²) < 4.78 is 16.4. The minimum absolute atomic E-state index is 0.124. The summed E-state index contributed by atoms with van der Waals surface area (Å²) in [6.07, 6.45) is -1.23. The molecule has 0 bridgehead atoms. The van der Waals surface area contributed by atoms with Gasteiger partial charge in [-0.2, -0.15) is 5.10 Å². The number of nitrogens with one attached hydrogen (secondary N) is 1. The van der Waals surface area contributed by atoms with E-state index in [0.29, 0.717) is 11.3 Å². The molecular formula is C18H28N4O6. The lowest BCUT2D eigenvalue weighted by molar-refractivity contribution is -0.119. The zero-order chi connectivity index (χ0) is 21.3. The van der Waals surface area contributed by atoms with E-state index in [1.807, 2.05) is 0 Å². The molecule has 1 aromatic rings. The van der Waals surface area contributed by atoms with Crippen molar-refractivity contribution in [3.63, 3.8) is 0 Å². The molecule has 0 radical (unpaired) electrons. The second-order valence-corrected chi connectivity index (χ2v) is 7.89. The number of aromatic nitrogens is 2. The van der Waals surface area contributed by atoms with E-state index in [1.165, 1.54) is 12.0 Å². The molecule has 156 valence electrons. The summed E-state index contributed by atoms with van der Waals surface area (Å²) in [5.41, 5.74) is -0.476. The van der Waals surface area contributed by atoms with Crippen molar-refractivity contribution in [1.82, 2.24) is 14.7 Å². The van der Waals surface area contributed by atoms with Gasteiger partial charge in [0.2, 0.25) is 0 Å². The zero-order valence-electron chi connectivity index (χ0n) is 17.4. The van der Waals surface area contributed by atoms with E-state index in [9.17, 15) is 14.4 Å². The fourth-order valence-electron chi connectivity index (χ4n) is 2.93. The number of anilines is 1.